The lowest BCUT2D eigenvalue weighted by Gasteiger charge is -2.33. The van der Waals surface area contributed by atoms with Crippen molar-refractivity contribution in [3.63, 3.8) is 0 Å². The molecule has 47 heavy (non-hydrogen) atoms. The number of aromatic hydroxyl groups is 1. The number of hydrogen-bond donors (Lipinski definition) is 3. The molecule has 0 spiro atoms. The molecule has 0 amide bonds. The number of anilines is 1. The Kier molecular flexibility index (Phi) is 11.9. The summed E-state index contributed by atoms with van der Waals surface area (Å²) in [5.41, 5.74) is 3.90. The number of unbranched alkanes of at least 4 members (excludes halogenated alkanes) is 3. The first kappa shape index (κ1) is 38.0. The molecule has 3 rings (SSSR count). The number of nitrogens with one attached hydrogen (secondary N) is 2. The summed E-state index contributed by atoms with van der Waals surface area (Å²) in [6, 6.07) is 12.4. The van der Waals surface area contributed by atoms with E-state index in [2.05, 4.69) is 62.6 Å². The van der Waals surface area contributed by atoms with Gasteiger partial charge in [0, 0.05) is 36.7 Å². The molecule has 260 valence electrons. The number of carbonyl (C=O) groups is 2. The van der Waals surface area contributed by atoms with Gasteiger partial charge in [0.2, 0.25) is 0 Å². The number of carbonyl (C=O) groups excluding carboxylic acids is 2. The minimum Gasteiger partial charge on any atom is -0.507 e. The van der Waals surface area contributed by atoms with E-state index in [9.17, 15) is 14.7 Å². The van der Waals surface area contributed by atoms with Crippen molar-refractivity contribution in [2.45, 2.75) is 151 Å². The van der Waals surface area contributed by atoms with E-state index < -0.39 is 17.7 Å². The van der Waals surface area contributed by atoms with Crippen LogP contribution in [0.4, 0.5) is 5.69 Å². The fourth-order valence-electron chi connectivity index (χ4n) is 5.96. The number of rotatable bonds is 12. The molecule has 3 N–H and O–H groups in total. The van der Waals surface area contributed by atoms with Crippen molar-refractivity contribution >= 4 is 17.6 Å². The summed E-state index contributed by atoms with van der Waals surface area (Å²) in [5.74, 6) is -2.37. The summed E-state index contributed by atoms with van der Waals surface area (Å²) in [6.45, 7) is 24.3. The van der Waals surface area contributed by atoms with Crippen LogP contribution in [-0.4, -0.2) is 28.9 Å². The van der Waals surface area contributed by atoms with Gasteiger partial charge in [-0.05, 0) is 58.8 Å². The molecule has 0 aromatic heterocycles. The molecule has 1 unspecified atom stereocenters. The summed E-state index contributed by atoms with van der Waals surface area (Å²) >= 11 is 0. The molecular weight excluding hydrogens is 588 g/mol. The van der Waals surface area contributed by atoms with Crippen molar-refractivity contribution in [3.8, 4) is 5.75 Å². The van der Waals surface area contributed by atoms with Gasteiger partial charge in [0.05, 0.1) is 0 Å². The number of cyclic esters (lactones) is 2. The van der Waals surface area contributed by atoms with Crippen LogP contribution in [0.25, 0.3) is 0 Å². The van der Waals surface area contributed by atoms with E-state index in [1.54, 1.807) is 13.8 Å². The summed E-state index contributed by atoms with van der Waals surface area (Å²) in [7, 11) is 0. The van der Waals surface area contributed by atoms with Crippen molar-refractivity contribution in [1.29, 1.82) is 0 Å². The lowest BCUT2D eigenvalue weighted by Crippen LogP contribution is -2.45. The second-order valence-electron chi connectivity index (χ2n) is 16.9. The smallest absolute Gasteiger partial charge is 0.352 e. The van der Waals surface area contributed by atoms with Gasteiger partial charge in [-0.2, -0.15) is 0 Å². The molecule has 1 heterocycles. The minimum atomic E-state index is -1.37. The molecular formula is C40H60N2O5. The van der Waals surface area contributed by atoms with Crippen molar-refractivity contribution in [2.24, 2.45) is 5.41 Å². The Morgan fingerprint density at radius 3 is 1.79 bits per heavy atom. The van der Waals surface area contributed by atoms with E-state index >= 15 is 0 Å². The van der Waals surface area contributed by atoms with Crippen LogP contribution in [0.5, 0.6) is 5.75 Å². The van der Waals surface area contributed by atoms with Crippen LogP contribution in [-0.2, 0) is 42.7 Å². The highest BCUT2D eigenvalue weighted by Gasteiger charge is 2.42. The third-order valence-corrected chi connectivity index (χ3v) is 8.32. The molecule has 7 heteroatoms. The third kappa shape index (κ3) is 11.0. The largest absolute Gasteiger partial charge is 0.507 e. The van der Waals surface area contributed by atoms with Gasteiger partial charge in [-0.1, -0.05) is 119 Å². The summed E-state index contributed by atoms with van der Waals surface area (Å²) < 4.78 is 11.1. The van der Waals surface area contributed by atoms with Crippen LogP contribution in [0.3, 0.4) is 0 Å². The van der Waals surface area contributed by atoms with Gasteiger partial charge in [0.25, 0.3) is 5.79 Å². The molecule has 1 saturated heterocycles. The van der Waals surface area contributed by atoms with Crippen LogP contribution in [0.15, 0.2) is 47.8 Å². The minimum absolute atomic E-state index is 0.0906. The average molecular weight is 649 g/mol. The maximum atomic E-state index is 13.4. The zero-order chi connectivity index (χ0) is 35.4. The third-order valence-electron chi connectivity index (χ3n) is 8.32. The monoisotopic (exact) mass is 648 g/mol. The zero-order valence-electron chi connectivity index (χ0n) is 31.1. The molecule has 0 radical (unpaired) electrons. The van der Waals surface area contributed by atoms with E-state index in [0.29, 0.717) is 12.1 Å². The first-order chi connectivity index (χ1) is 21.6. The molecule has 1 atom stereocenters. The Labute approximate surface area is 283 Å². The Morgan fingerprint density at radius 1 is 0.809 bits per heavy atom. The highest BCUT2D eigenvalue weighted by atomic mass is 16.7. The van der Waals surface area contributed by atoms with E-state index in [1.807, 2.05) is 53.7 Å². The molecule has 2 aromatic carbocycles. The van der Waals surface area contributed by atoms with Gasteiger partial charge < -0.3 is 25.2 Å². The molecule has 1 fully saturated rings. The Balaban J connectivity index is 2.10. The highest BCUT2D eigenvalue weighted by Crippen LogP contribution is 2.41. The molecule has 1 aliphatic heterocycles. The summed E-state index contributed by atoms with van der Waals surface area (Å²) in [6.07, 6.45) is 6.91. The number of phenols is 1. The maximum Gasteiger partial charge on any atom is 0.352 e. The van der Waals surface area contributed by atoms with Crippen molar-refractivity contribution in [1.82, 2.24) is 5.32 Å². The molecule has 0 saturated carbocycles. The summed E-state index contributed by atoms with van der Waals surface area (Å²) in [5, 5.41) is 18.3. The highest BCUT2D eigenvalue weighted by molar-refractivity contribution is 6.16. The van der Waals surface area contributed by atoms with Crippen molar-refractivity contribution < 1.29 is 24.2 Å². The van der Waals surface area contributed by atoms with E-state index in [4.69, 9.17) is 9.47 Å². The lowest BCUT2D eigenvalue weighted by atomic mass is 9.79. The fraction of sp³-hybridized carbons (Fsp3) is 0.600. The van der Waals surface area contributed by atoms with E-state index in [-0.39, 0.29) is 39.4 Å². The maximum absolute atomic E-state index is 13.4. The number of ether oxygens (including phenoxy) is 2. The normalized spacial score (nSPS) is 16.0. The topological polar surface area (TPSA) is 96.9 Å². The average Bonchev–Trinajstić information content (AvgIpc) is 2.89. The predicted molar refractivity (Wildman–Crippen MR) is 191 cm³/mol. The molecule has 2 aromatic rings. The Hall–Kier alpha value is -3.48. The molecule has 0 bridgehead atoms. The van der Waals surface area contributed by atoms with Crippen LogP contribution in [0, 0.1) is 5.41 Å². The fourth-order valence-corrected chi connectivity index (χ4v) is 5.96. The van der Waals surface area contributed by atoms with Crippen LogP contribution in [0.2, 0.25) is 0 Å². The Bertz CT molecular complexity index is 1380. The van der Waals surface area contributed by atoms with Gasteiger partial charge >= 0.3 is 11.9 Å². The SMILES string of the molecule is CCCCCCC(Cc1ccc(CC(C)(C)C)cc1)NC(Nc1cc(C(C)(C)C)c(O)c(C(C)(C)C)c1)=C1C(=O)OC(C)(C)OC1=O. The Morgan fingerprint density at radius 2 is 1.32 bits per heavy atom. The van der Waals surface area contributed by atoms with Gasteiger partial charge in [-0.25, -0.2) is 9.59 Å². The first-order valence-corrected chi connectivity index (χ1v) is 17.3. The van der Waals surface area contributed by atoms with Crippen LogP contribution >= 0.6 is 0 Å². The van der Waals surface area contributed by atoms with E-state index in [1.165, 1.54) is 11.1 Å². The van der Waals surface area contributed by atoms with E-state index in [0.717, 1.165) is 49.7 Å². The number of hydrogen-bond acceptors (Lipinski definition) is 7. The van der Waals surface area contributed by atoms with Gasteiger partial charge in [-0.3, -0.25) is 0 Å². The van der Waals surface area contributed by atoms with Gasteiger partial charge in [0.1, 0.15) is 11.6 Å². The second kappa shape index (κ2) is 14.7. The number of benzene rings is 2. The second-order valence-corrected chi connectivity index (χ2v) is 16.9. The van der Waals surface area contributed by atoms with Crippen LogP contribution in [0.1, 0.15) is 137 Å². The first-order valence-electron chi connectivity index (χ1n) is 17.3. The predicted octanol–water partition coefficient (Wildman–Crippen LogP) is 9.21. The molecule has 1 aliphatic rings. The standard InChI is InChI=1S/C40H60N2O5/c1-13-14-15-16-17-28(22-26-18-20-27(21-19-26)25-37(2,3)4)41-34(32-35(44)46-40(11,12)47-36(32)45)42-29-23-30(38(5,6)7)33(43)31(24-29)39(8,9)10/h18-21,23-24,28,41-43H,13-17,22,25H2,1-12H3. The molecule has 0 aliphatic carbocycles. The quantitative estimate of drug-likeness (QED) is 0.0694. The number of phenolic OH excluding ortho intramolecular Hbond substituents is 1. The van der Waals surface area contributed by atoms with Gasteiger partial charge in [-0.15, -0.1) is 0 Å². The van der Waals surface area contributed by atoms with Crippen molar-refractivity contribution in [3.05, 3.63) is 70.0 Å². The lowest BCUT2D eigenvalue weighted by molar-refractivity contribution is -0.222. The molecule has 7 nitrogen and oxygen atoms in total. The van der Waals surface area contributed by atoms with Crippen molar-refractivity contribution in [2.75, 3.05) is 5.32 Å². The van der Waals surface area contributed by atoms with Gasteiger partial charge in [0.15, 0.2) is 5.57 Å². The zero-order valence-corrected chi connectivity index (χ0v) is 31.1. The number of esters is 2. The summed E-state index contributed by atoms with van der Waals surface area (Å²) in [4.78, 5) is 26.9. The van der Waals surface area contributed by atoms with Crippen LogP contribution < -0.4 is 10.6 Å².